The highest BCUT2D eigenvalue weighted by Crippen LogP contribution is 2.04. The minimum Gasteiger partial charge on any atom is -0.778 e. The van der Waals surface area contributed by atoms with Crippen LogP contribution >= 0.6 is 0 Å². The zero-order chi connectivity index (χ0) is 6.69. The molecule has 0 heterocycles. The van der Waals surface area contributed by atoms with Gasteiger partial charge in [0.15, 0.2) is 0 Å². The van der Waals surface area contributed by atoms with E-state index in [0.717, 1.165) is 0 Å². The van der Waals surface area contributed by atoms with E-state index in [1.165, 1.54) is 0 Å². The monoisotopic (exact) mass is 134 g/mol. The molecule has 1 aromatic carbocycles. The maximum absolute atomic E-state index is 8.40. The molecule has 0 aromatic heterocycles. The van der Waals surface area contributed by atoms with Gasteiger partial charge in [0, 0.05) is 5.56 Å². The van der Waals surface area contributed by atoms with Gasteiger partial charge in [-0.15, -0.1) is 0 Å². The summed E-state index contributed by atoms with van der Waals surface area (Å²) in [4.78, 5) is 0.625. The molecule has 0 aliphatic rings. The van der Waals surface area contributed by atoms with E-state index in [0.29, 0.717) is 10.5 Å². The summed E-state index contributed by atoms with van der Waals surface area (Å²) < 4.78 is 0. The highest BCUT2D eigenvalue weighted by molar-refractivity contribution is 7.58. The molecule has 0 amide bonds. The second-order valence-electron chi connectivity index (χ2n) is 1.61. The number of rotatable bonds is 0. The van der Waals surface area contributed by atoms with Crippen LogP contribution in [0.3, 0.4) is 0 Å². The topological polar surface area (TPSA) is 23.8 Å². The van der Waals surface area contributed by atoms with Gasteiger partial charge in [-0.3, -0.25) is 0 Å². The average molecular weight is 134 g/mol. The fraction of sp³-hybridized carbons (Fsp3) is 0. The Morgan fingerprint density at radius 1 is 1.33 bits per heavy atom. The maximum Gasteiger partial charge on any atom is 0.0975 e. The molecule has 0 aliphatic heterocycles. The van der Waals surface area contributed by atoms with Gasteiger partial charge in [-0.1, -0.05) is 18.2 Å². The zero-order valence-electron chi connectivity index (χ0n) is 4.66. The fourth-order valence-corrected chi connectivity index (χ4v) is 0.751. The van der Waals surface area contributed by atoms with Crippen LogP contribution in [0.15, 0.2) is 29.2 Å². The fourth-order valence-electron chi connectivity index (χ4n) is 0.559. The van der Waals surface area contributed by atoms with Crippen molar-refractivity contribution in [2.24, 2.45) is 0 Å². The van der Waals surface area contributed by atoms with Crippen molar-refractivity contribution < 1.29 is 0 Å². The van der Waals surface area contributed by atoms with Crippen LogP contribution in [0.5, 0.6) is 0 Å². The Morgan fingerprint density at radius 3 is 2.44 bits per heavy atom. The summed E-state index contributed by atoms with van der Waals surface area (Å²) in [6.07, 6.45) is 0. The van der Waals surface area contributed by atoms with Crippen molar-refractivity contribution in [2.75, 3.05) is 0 Å². The van der Waals surface area contributed by atoms with Gasteiger partial charge in [-0.25, -0.2) is 0 Å². The van der Waals surface area contributed by atoms with Crippen molar-refractivity contribution in [1.82, 2.24) is 0 Å². The van der Waals surface area contributed by atoms with Crippen LogP contribution in [0.2, 0.25) is 0 Å². The molecule has 0 atom stereocenters. The molecular formula is C7H4NS-. The minimum absolute atomic E-state index is 0.576. The molecule has 1 nitrogen and oxygen atoms in total. The molecule has 0 unspecified atom stereocenters. The van der Waals surface area contributed by atoms with E-state index in [9.17, 15) is 0 Å². The Kier molecular flexibility index (Phi) is 1.66. The standard InChI is InChI=1S/C7H5NS/c8-5-6-3-1-2-4-7(6)9/h1-4,9H/p-1. The molecule has 0 saturated heterocycles. The van der Waals surface area contributed by atoms with Gasteiger partial charge in [-0.05, 0) is 6.07 Å². The van der Waals surface area contributed by atoms with E-state index in [1.54, 1.807) is 18.2 Å². The maximum atomic E-state index is 8.40. The van der Waals surface area contributed by atoms with E-state index in [4.69, 9.17) is 17.9 Å². The molecule has 0 saturated carbocycles. The Bertz CT molecular complexity index is 249. The van der Waals surface area contributed by atoms with Crippen LogP contribution < -0.4 is 0 Å². The molecule has 9 heavy (non-hydrogen) atoms. The Morgan fingerprint density at radius 2 is 2.00 bits per heavy atom. The van der Waals surface area contributed by atoms with E-state index >= 15 is 0 Å². The lowest BCUT2D eigenvalue weighted by molar-refractivity contribution is 1.38. The smallest absolute Gasteiger partial charge is 0.0975 e. The van der Waals surface area contributed by atoms with Crippen molar-refractivity contribution in [1.29, 1.82) is 5.26 Å². The molecule has 0 N–H and O–H groups in total. The third-order valence-electron chi connectivity index (χ3n) is 1.01. The predicted molar refractivity (Wildman–Crippen MR) is 36.8 cm³/mol. The van der Waals surface area contributed by atoms with Gasteiger partial charge < -0.3 is 12.6 Å². The first-order chi connectivity index (χ1) is 4.34. The Hall–Kier alpha value is -1.07. The number of nitrogens with zero attached hydrogens (tertiary/aromatic N) is 1. The van der Waals surface area contributed by atoms with Crippen LogP contribution in [0, 0.1) is 11.3 Å². The van der Waals surface area contributed by atoms with E-state index in [-0.39, 0.29) is 0 Å². The third kappa shape index (κ3) is 1.18. The molecule has 2 heteroatoms. The molecule has 0 spiro atoms. The van der Waals surface area contributed by atoms with E-state index in [1.807, 2.05) is 12.1 Å². The molecule has 0 aliphatic carbocycles. The van der Waals surface area contributed by atoms with Gasteiger partial charge in [0.2, 0.25) is 0 Å². The van der Waals surface area contributed by atoms with Gasteiger partial charge in [0.05, 0.1) is 6.07 Å². The van der Waals surface area contributed by atoms with E-state index in [2.05, 4.69) is 0 Å². The van der Waals surface area contributed by atoms with Crippen molar-refractivity contribution in [3.63, 3.8) is 0 Å². The first-order valence-corrected chi connectivity index (χ1v) is 2.91. The van der Waals surface area contributed by atoms with Crippen LogP contribution in [0.1, 0.15) is 5.56 Å². The third-order valence-corrected chi connectivity index (χ3v) is 1.36. The summed E-state index contributed by atoms with van der Waals surface area (Å²) in [7, 11) is 0. The normalized spacial score (nSPS) is 8.33. The van der Waals surface area contributed by atoms with Crippen LogP contribution in [0.25, 0.3) is 0 Å². The Balaban J connectivity index is 3.20. The lowest BCUT2D eigenvalue weighted by Crippen LogP contribution is -1.76. The average Bonchev–Trinajstić information content (AvgIpc) is 1.89. The number of hydrogen-bond acceptors (Lipinski definition) is 2. The molecule has 0 fully saturated rings. The molecular weight excluding hydrogens is 130 g/mol. The Labute approximate surface area is 59.3 Å². The largest absolute Gasteiger partial charge is 0.778 e. The molecule has 0 bridgehead atoms. The van der Waals surface area contributed by atoms with Crippen molar-refractivity contribution in [3.05, 3.63) is 29.8 Å². The van der Waals surface area contributed by atoms with Gasteiger partial charge in [0.1, 0.15) is 0 Å². The number of hydrogen-bond donors (Lipinski definition) is 0. The van der Waals surface area contributed by atoms with Crippen LogP contribution in [0.4, 0.5) is 0 Å². The van der Waals surface area contributed by atoms with Crippen molar-refractivity contribution >= 4 is 12.6 Å². The van der Waals surface area contributed by atoms with Crippen molar-refractivity contribution in [3.8, 4) is 6.07 Å². The second kappa shape index (κ2) is 2.47. The van der Waals surface area contributed by atoms with Crippen LogP contribution in [-0.4, -0.2) is 0 Å². The summed E-state index contributed by atoms with van der Waals surface area (Å²) in [5.74, 6) is 0. The minimum atomic E-state index is 0.576. The summed E-state index contributed by atoms with van der Waals surface area (Å²) >= 11 is 4.83. The molecule has 1 aromatic rings. The number of benzene rings is 1. The number of nitriles is 1. The molecule has 0 radical (unpaired) electrons. The van der Waals surface area contributed by atoms with Gasteiger partial charge >= 0.3 is 0 Å². The summed E-state index contributed by atoms with van der Waals surface area (Å²) in [5, 5.41) is 8.40. The first-order valence-electron chi connectivity index (χ1n) is 2.51. The quantitative estimate of drug-likeness (QED) is 0.501. The lowest BCUT2D eigenvalue weighted by atomic mass is 10.2. The zero-order valence-corrected chi connectivity index (χ0v) is 5.48. The molecule has 1 rings (SSSR count). The highest BCUT2D eigenvalue weighted by Gasteiger charge is 1.83. The first kappa shape index (κ1) is 6.06. The van der Waals surface area contributed by atoms with E-state index < -0.39 is 0 Å². The summed E-state index contributed by atoms with van der Waals surface area (Å²) in [5.41, 5.74) is 0.576. The molecule has 44 valence electrons. The van der Waals surface area contributed by atoms with Gasteiger partial charge in [0.25, 0.3) is 0 Å². The second-order valence-corrected chi connectivity index (χ2v) is 2.05. The SMILES string of the molecule is N#Cc1ccccc1[S-]. The predicted octanol–water partition coefficient (Wildman–Crippen LogP) is 1.46. The highest BCUT2D eigenvalue weighted by atomic mass is 32.1. The van der Waals surface area contributed by atoms with Crippen molar-refractivity contribution in [2.45, 2.75) is 4.90 Å². The lowest BCUT2D eigenvalue weighted by Gasteiger charge is -2.04. The van der Waals surface area contributed by atoms with Crippen LogP contribution in [-0.2, 0) is 12.6 Å². The van der Waals surface area contributed by atoms with Gasteiger partial charge in [-0.2, -0.15) is 10.2 Å². The summed E-state index contributed by atoms with van der Waals surface area (Å²) in [6.45, 7) is 0. The summed E-state index contributed by atoms with van der Waals surface area (Å²) in [6, 6.07) is 9.07.